The Hall–Kier alpha value is -1.64. The van der Waals surface area contributed by atoms with Crippen LogP contribution in [0.15, 0.2) is 18.2 Å². The van der Waals surface area contributed by atoms with Gasteiger partial charge in [0.2, 0.25) is 15.9 Å². The lowest BCUT2D eigenvalue weighted by molar-refractivity contribution is -0.116. The minimum atomic E-state index is -3.52. The predicted octanol–water partition coefficient (Wildman–Crippen LogP) is 1.98. The minimum Gasteiger partial charge on any atom is -0.465 e. The monoisotopic (exact) mass is 376 g/mol. The Morgan fingerprint density at radius 2 is 1.96 bits per heavy atom. The number of hydrogen-bond acceptors (Lipinski definition) is 5. The molecule has 0 radical (unpaired) electrons. The van der Waals surface area contributed by atoms with E-state index in [1.807, 2.05) is 13.8 Å². The zero-order valence-corrected chi connectivity index (χ0v) is 15.6. The van der Waals surface area contributed by atoms with Crippen LogP contribution < -0.4 is 5.32 Å². The highest BCUT2D eigenvalue weighted by Crippen LogP contribution is 2.23. The van der Waals surface area contributed by atoms with Gasteiger partial charge in [-0.2, -0.15) is 4.31 Å². The zero-order valence-electron chi connectivity index (χ0n) is 14.0. The summed E-state index contributed by atoms with van der Waals surface area (Å²) in [7, 11) is -2.28. The number of benzene rings is 1. The first-order valence-corrected chi connectivity index (χ1v) is 9.40. The fourth-order valence-electron chi connectivity index (χ4n) is 1.94. The zero-order chi connectivity index (χ0) is 18.5. The lowest BCUT2D eigenvalue weighted by atomic mass is 10.2. The molecular formula is C15H21ClN2O5S. The summed E-state index contributed by atoms with van der Waals surface area (Å²) in [6.07, 6.45) is 1.05. The molecule has 0 saturated heterocycles. The Morgan fingerprint density at radius 1 is 1.33 bits per heavy atom. The highest BCUT2D eigenvalue weighted by molar-refractivity contribution is 7.88. The molecule has 1 aromatic rings. The molecule has 0 bridgehead atoms. The Balaban J connectivity index is 2.92. The molecule has 0 spiro atoms. The second-order valence-corrected chi connectivity index (χ2v) is 8.07. The van der Waals surface area contributed by atoms with Crippen molar-refractivity contribution in [3.05, 3.63) is 28.8 Å². The first-order valence-electron chi connectivity index (χ1n) is 7.17. The van der Waals surface area contributed by atoms with Crippen LogP contribution in [0.1, 0.15) is 24.2 Å². The van der Waals surface area contributed by atoms with E-state index in [9.17, 15) is 18.0 Å². The van der Waals surface area contributed by atoms with Crippen molar-refractivity contribution in [1.82, 2.24) is 4.31 Å². The highest BCUT2D eigenvalue weighted by atomic mass is 35.5. The van der Waals surface area contributed by atoms with E-state index in [2.05, 4.69) is 10.1 Å². The highest BCUT2D eigenvalue weighted by Gasteiger charge is 2.21. The molecule has 1 amide bonds. The first kappa shape index (κ1) is 20.4. The Bertz CT molecular complexity index is 719. The van der Waals surface area contributed by atoms with Crippen molar-refractivity contribution >= 4 is 39.2 Å². The van der Waals surface area contributed by atoms with Crippen LogP contribution in [0.4, 0.5) is 5.69 Å². The van der Waals surface area contributed by atoms with Gasteiger partial charge >= 0.3 is 5.97 Å². The molecule has 0 heterocycles. The lowest BCUT2D eigenvalue weighted by Crippen LogP contribution is -2.39. The van der Waals surface area contributed by atoms with Gasteiger partial charge in [0.05, 0.1) is 36.2 Å². The normalized spacial score (nSPS) is 11.6. The molecule has 134 valence electrons. The van der Waals surface area contributed by atoms with Gasteiger partial charge in [-0.15, -0.1) is 0 Å². The SMILES string of the molecule is COC(=O)c1ccc(Cl)c(NC(=O)CN(CC(C)C)S(C)(=O)=O)c1. The molecule has 0 saturated carbocycles. The van der Waals surface area contributed by atoms with Gasteiger partial charge in [0.1, 0.15) is 0 Å². The van der Waals surface area contributed by atoms with Crippen molar-refractivity contribution in [1.29, 1.82) is 0 Å². The number of methoxy groups -OCH3 is 1. The van der Waals surface area contributed by atoms with E-state index < -0.39 is 21.9 Å². The maximum Gasteiger partial charge on any atom is 0.337 e. The van der Waals surface area contributed by atoms with Crippen LogP contribution in [-0.2, 0) is 19.6 Å². The fourth-order valence-corrected chi connectivity index (χ4v) is 3.03. The molecule has 24 heavy (non-hydrogen) atoms. The third-order valence-corrected chi connectivity index (χ3v) is 4.57. The molecule has 9 heteroatoms. The van der Waals surface area contributed by atoms with E-state index in [1.54, 1.807) is 0 Å². The number of nitrogens with one attached hydrogen (secondary N) is 1. The summed E-state index contributed by atoms with van der Waals surface area (Å²) in [5.41, 5.74) is 0.432. The Labute approximate surface area is 147 Å². The molecule has 1 rings (SSSR count). The minimum absolute atomic E-state index is 0.0683. The molecule has 1 aromatic carbocycles. The van der Waals surface area contributed by atoms with Gasteiger partial charge in [0, 0.05) is 6.54 Å². The van der Waals surface area contributed by atoms with Crippen molar-refractivity contribution in [3.8, 4) is 0 Å². The fraction of sp³-hybridized carbons (Fsp3) is 0.467. The summed E-state index contributed by atoms with van der Waals surface area (Å²) in [4.78, 5) is 23.7. The number of carbonyl (C=O) groups is 2. The second-order valence-electron chi connectivity index (χ2n) is 5.68. The van der Waals surface area contributed by atoms with Crippen molar-refractivity contribution in [2.75, 3.05) is 31.8 Å². The van der Waals surface area contributed by atoms with Crippen LogP contribution in [0.3, 0.4) is 0 Å². The maximum atomic E-state index is 12.2. The molecule has 0 unspecified atom stereocenters. The van der Waals surface area contributed by atoms with Gasteiger partial charge in [0.25, 0.3) is 0 Å². The Kier molecular flexibility index (Phi) is 7.19. The molecular weight excluding hydrogens is 356 g/mol. The summed E-state index contributed by atoms with van der Waals surface area (Å²) < 4.78 is 29.2. The quantitative estimate of drug-likeness (QED) is 0.734. The number of sulfonamides is 1. The van der Waals surface area contributed by atoms with Crippen LogP contribution >= 0.6 is 11.6 Å². The van der Waals surface area contributed by atoms with Gasteiger partial charge in [-0.3, -0.25) is 4.79 Å². The summed E-state index contributed by atoms with van der Waals surface area (Å²) in [6, 6.07) is 4.29. The van der Waals surface area contributed by atoms with Crippen molar-refractivity contribution < 1.29 is 22.7 Å². The van der Waals surface area contributed by atoms with Crippen molar-refractivity contribution in [2.45, 2.75) is 13.8 Å². The summed E-state index contributed by atoms with van der Waals surface area (Å²) in [5.74, 6) is -1.05. The lowest BCUT2D eigenvalue weighted by Gasteiger charge is -2.21. The summed E-state index contributed by atoms with van der Waals surface area (Å²) >= 11 is 6.00. The van der Waals surface area contributed by atoms with E-state index in [4.69, 9.17) is 11.6 Å². The van der Waals surface area contributed by atoms with E-state index in [-0.39, 0.29) is 35.3 Å². The second kappa shape index (κ2) is 8.46. The third kappa shape index (κ3) is 6.10. The van der Waals surface area contributed by atoms with Gasteiger partial charge in [-0.25, -0.2) is 13.2 Å². The molecule has 0 aromatic heterocycles. The van der Waals surface area contributed by atoms with Gasteiger partial charge in [-0.1, -0.05) is 25.4 Å². The number of halogens is 1. The van der Waals surface area contributed by atoms with Gasteiger partial charge in [-0.05, 0) is 24.1 Å². The molecule has 0 fully saturated rings. The standard InChI is InChI=1S/C15H21ClN2O5S/c1-10(2)8-18(24(4,21)22)9-14(19)17-13-7-11(15(20)23-3)5-6-12(13)16/h5-7,10H,8-9H2,1-4H3,(H,17,19). The first-order chi connectivity index (χ1) is 11.0. The largest absolute Gasteiger partial charge is 0.465 e. The van der Waals surface area contributed by atoms with Gasteiger partial charge in [0.15, 0.2) is 0 Å². The molecule has 0 aliphatic carbocycles. The third-order valence-electron chi connectivity index (χ3n) is 3.02. The number of carbonyl (C=O) groups excluding carboxylic acids is 2. The average molecular weight is 377 g/mol. The number of rotatable bonds is 7. The number of hydrogen-bond donors (Lipinski definition) is 1. The number of esters is 1. The average Bonchev–Trinajstić information content (AvgIpc) is 2.46. The van der Waals surface area contributed by atoms with E-state index in [0.717, 1.165) is 10.6 Å². The topological polar surface area (TPSA) is 92.8 Å². The molecule has 7 nitrogen and oxygen atoms in total. The van der Waals surface area contributed by atoms with Crippen LogP contribution in [0.25, 0.3) is 0 Å². The van der Waals surface area contributed by atoms with E-state index in [0.29, 0.717) is 0 Å². The Morgan fingerprint density at radius 3 is 2.46 bits per heavy atom. The van der Waals surface area contributed by atoms with Crippen LogP contribution in [-0.4, -0.2) is 51.1 Å². The van der Waals surface area contributed by atoms with Crippen LogP contribution in [0, 0.1) is 5.92 Å². The van der Waals surface area contributed by atoms with Crippen molar-refractivity contribution in [2.24, 2.45) is 5.92 Å². The number of ether oxygens (including phenoxy) is 1. The molecule has 0 aliphatic heterocycles. The predicted molar refractivity (Wildman–Crippen MR) is 92.7 cm³/mol. The number of anilines is 1. The smallest absolute Gasteiger partial charge is 0.337 e. The number of nitrogens with zero attached hydrogens (tertiary/aromatic N) is 1. The molecule has 1 N–H and O–H groups in total. The van der Waals surface area contributed by atoms with E-state index >= 15 is 0 Å². The summed E-state index contributed by atoms with van der Waals surface area (Å²) in [6.45, 7) is 3.59. The molecule has 0 atom stereocenters. The van der Waals surface area contributed by atoms with Crippen LogP contribution in [0.5, 0.6) is 0 Å². The van der Waals surface area contributed by atoms with Crippen molar-refractivity contribution in [3.63, 3.8) is 0 Å². The van der Waals surface area contributed by atoms with E-state index in [1.165, 1.54) is 25.3 Å². The summed E-state index contributed by atoms with van der Waals surface area (Å²) in [5, 5.41) is 2.75. The maximum absolute atomic E-state index is 12.2. The molecule has 0 aliphatic rings. The number of amides is 1. The van der Waals surface area contributed by atoms with Crippen LogP contribution in [0.2, 0.25) is 5.02 Å². The van der Waals surface area contributed by atoms with Gasteiger partial charge < -0.3 is 10.1 Å².